The lowest BCUT2D eigenvalue weighted by Crippen LogP contribution is -2.09. The number of ether oxygens (including phenoxy) is 2. The normalized spacial score (nSPS) is 10.9. The van der Waals surface area contributed by atoms with Gasteiger partial charge in [-0.25, -0.2) is 0 Å². The van der Waals surface area contributed by atoms with Gasteiger partial charge in [0, 0.05) is 16.7 Å². The summed E-state index contributed by atoms with van der Waals surface area (Å²) in [7, 11) is 1.43. The molecule has 0 heterocycles. The van der Waals surface area contributed by atoms with E-state index in [0.717, 1.165) is 5.69 Å². The Morgan fingerprint density at radius 1 is 1.28 bits per heavy atom. The number of anilines is 1. The van der Waals surface area contributed by atoms with Crippen molar-refractivity contribution in [1.82, 2.24) is 0 Å². The molecule has 1 N–H and O–H groups in total. The first-order valence-electron chi connectivity index (χ1n) is 7.48. The Labute approximate surface area is 150 Å². The highest BCUT2D eigenvalue weighted by molar-refractivity contribution is 6.30. The first-order valence-corrected chi connectivity index (χ1v) is 7.86. The van der Waals surface area contributed by atoms with Crippen molar-refractivity contribution >= 4 is 29.2 Å². The van der Waals surface area contributed by atoms with E-state index in [9.17, 15) is 10.1 Å². The lowest BCUT2D eigenvalue weighted by atomic mass is 10.2. The van der Waals surface area contributed by atoms with Crippen LogP contribution in [-0.4, -0.2) is 24.4 Å². The first kappa shape index (κ1) is 18.5. The highest BCUT2D eigenvalue weighted by Crippen LogP contribution is 2.38. The third-order valence-corrected chi connectivity index (χ3v) is 3.33. The lowest BCUT2D eigenvalue weighted by molar-refractivity contribution is -0.386. The van der Waals surface area contributed by atoms with E-state index in [2.05, 4.69) is 10.5 Å². The average molecular weight is 364 g/mol. The van der Waals surface area contributed by atoms with Gasteiger partial charge in [0.2, 0.25) is 5.75 Å². The molecule has 0 amide bonds. The number of benzene rings is 2. The summed E-state index contributed by atoms with van der Waals surface area (Å²) in [6, 6.07) is 9.99. The Balaban J connectivity index is 2.28. The van der Waals surface area contributed by atoms with Gasteiger partial charge in [-0.1, -0.05) is 11.6 Å². The zero-order valence-electron chi connectivity index (χ0n) is 14.0. The molecule has 0 saturated carbocycles. The van der Waals surface area contributed by atoms with Crippen LogP contribution in [0.1, 0.15) is 19.4 Å². The molecule has 0 aliphatic carbocycles. The van der Waals surface area contributed by atoms with Crippen LogP contribution in [0.2, 0.25) is 5.02 Å². The summed E-state index contributed by atoms with van der Waals surface area (Å²) < 4.78 is 10.8. The molecule has 0 unspecified atom stereocenters. The van der Waals surface area contributed by atoms with Crippen molar-refractivity contribution in [3.05, 3.63) is 57.1 Å². The number of nitro groups is 1. The maximum atomic E-state index is 11.3. The van der Waals surface area contributed by atoms with E-state index < -0.39 is 4.92 Å². The fraction of sp³-hybridized carbons (Fsp3) is 0.235. The van der Waals surface area contributed by atoms with E-state index >= 15 is 0 Å². The lowest BCUT2D eigenvalue weighted by Gasteiger charge is -2.14. The van der Waals surface area contributed by atoms with Gasteiger partial charge in [-0.05, 0) is 44.2 Å². The molecule has 0 spiro atoms. The van der Waals surface area contributed by atoms with Crippen LogP contribution < -0.4 is 14.9 Å². The Morgan fingerprint density at radius 2 is 1.96 bits per heavy atom. The molecular weight excluding hydrogens is 346 g/mol. The maximum absolute atomic E-state index is 11.3. The molecule has 2 aromatic rings. The van der Waals surface area contributed by atoms with Gasteiger partial charge in [-0.3, -0.25) is 15.5 Å². The van der Waals surface area contributed by atoms with Gasteiger partial charge in [0.05, 0.1) is 30.0 Å². The molecule has 0 fully saturated rings. The minimum atomic E-state index is -0.510. The zero-order chi connectivity index (χ0) is 18.4. The van der Waals surface area contributed by atoms with Crippen LogP contribution in [0, 0.1) is 10.1 Å². The second-order valence-corrected chi connectivity index (χ2v) is 5.81. The molecule has 8 heteroatoms. The van der Waals surface area contributed by atoms with Gasteiger partial charge >= 0.3 is 5.69 Å². The Hall–Kier alpha value is -2.80. The summed E-state index contributed by atoms with van der Waals surface area (Å²) in [5, 5.41) is 16.0. The number of rotatable bonds is 7. The van der Waals surface area contributed by atoms with Crippen molar-refractivity contribution in [2.45, 2.75) is 20.0 Å². The van der Waals surface area contributed by atoms with Gasteiger partial charge in [0.25, 0.3) is 0 Å². The summed E-state index contributed by atoms with van der Waals surface area (Å²) in [5.74, 6) is 0.376. The molecule has 25 heavy (non-hydrogen) atoms. The number of nitrogens with zero attached hydrogens (tertiary/aromatic N) is 2. The van der Waals surface area contributed by atoms with Crippen molar-refractivity contribution in [2.75, 3.05) is 12.5 Å². The molecule has 7 nitrogen and oxygen atoms in total. The standard InChI is InChI=1S/C17H18ClN3O4/c1-11(2)25-17-15(21(22)23)8-12(9-16(17)24-3)10-19-20-14-6-4-13(18)5-7-14/h4-11,20H,1-3H3/b19-10+. The molecule has 132 valence electrons. The predicted molar refractivity (Wildman–Crippen MR) is 98.1 cm³/mol. The maximum Gasteiger partial charge on any atom is 0.315 e. The molecule has 0 saturated heterocycles. The third-order valence-electron chi connectivity index (χ3n) is 3.08. The second-order valence-electron chi connectivity index (χ2n) is 5.37. The smallest absolute Gasteiger partial charge is 0.315 e. The first-order chi connectivity index (χ1) is 11.9. The van der Waals surface area contributed by atoms with E-state index in [4.69, 9.17) is 21.1 Å². The molecule has 0 aliphatic heterocycles. The monoisotopic (exact) mass is 363 g/mol. The van der Waals surface area contributed by atoms with Crippen molar-refractivity contribution in [2.24, 2.45) is 5.10 Å². The minimum absolute atomic E-state index is 0.102. The van der Waals surface area contributed by atoms with Gasteiger partial charge in [0.1, 0.15) is 0 Å². The number of hydrazone groups is 1. The van der Waals surface area contributed by atoms with Crippen LogP contribution in [0.5, 0.6) is 11.5 Å². The van der Waals surface area contributed by atoms with Crippen LogP contribution in [0.4, 0.5) is 11.4 Å². The van der Waals surface area contributed by atoms with Gasteiger partial charge < -0.3 is 9.47 Å². The molecule has 0 bridgehead atoms. The summed E-state index contributed by atoms with van der Waals surface area (Å²) in [6.45, 7) is 3.57. The molecule has 2 rings (SSSR count). The van der Waals surface area contributed by atoms with Gasteiger partial charge in [-0.15, -0.1) is 0 Å². The zero-order valence-corrected chi connectivity index (χ0v) is 14.8. The minimum Gasteiger partial charge on any atom is -0.493 e. The summed E-state index contributed by atoms with van der Waals surface area (Å²) >= 11 is 5.82. The van der Waals surface area contributed by atoms with Crippen LogP contribution in [-0.2, 0) is 0 Å². The summed E-state index contributed by atoms with van der Waals surface area (Å²) in [4.78, 5) is 10.8. The van der Waals surface area contributed by atoms with E-state index in [0.29, 0.717) is 10.6 Å². The fourth-order valence-corrected chi connectivity index (χ4v) is 2.16. The topological polar surface area (TPSA) is 86.0 Å². The number of hydrogen-bond donors (Lipinski definition) is 1. The van der Waals surface area contributed by atoms with Crippen LogP contribution in [0.15, 0.2) is 41.5 Å². The van der Waals surface area contributed by atoms with E-state index in [1.807, 2.05) is 0 Å². The number of nitrogens with one attached hydrogen (secondary N) is 1. The summed E-state index contributed by atoms with van der Waals surface area (Å²) in [5.41, 5.74) is 3.88. The number of hydrogen-bond acceptors (Lipinski definition) is 6. The van der Waals surface area contributed by atoms with E-state index in [1.165, 1.54) is 19.4 Å². The molecular formula is C17H18ClN3O4. The van der Waals surface area contributed by atoms with Crippen molar-refractivity contribution < 1.29 is 14.4 Å². The molecule has 0 aromatic heterocycles. The number of halogens is 1. The number of nitro benzene ring substituents is 1. The van der Waals surface area contributed by atoms with Crippen LogP contribution >= 0.6 is 11.6 Å². The van der Waals surface area contributed by atoms with E-state index in [-0.39, 0.29) is 23.3 Å². The van der Waals surface area contributed by atoms with Crippen LogP contribution in [0.3, 0.4) is 0 Å². The average Bonchev–Trinajstić information content (AvgIpc) is 2.56. The van der Waals surface area contributed by atoms with Crippen molar-refractivity contribution in [3.63, 3.8) is 0 Å². The molecule has 0 radical (unpaired) electrons. The quantitative estimate of drug-likeness (QED) is 0.445. The Morgan fingerprint density at radius 3 is 2.52 bits per heavy atom. The Bertz CT molecular complexity index is 776. The van der Waals surface area contributed by atoms with Crippen molar-refractivity contribution in [3.8, 4) is 11.5 Å². The highest BCUT2D eigenvalue weighted by Gasteiger charge is 2.22. The van der Waals surface area contributed by atoms with Gasteiger partial charge in [0.15, 0.2) is 5.75 Å². The van der Waals surface area contributed by atoms with E-state index in [1.54, 1.807) is 44.2 Å². The largest absolute Gasteiger partial charge is 0.493 e. The predicted octanol–water partition coefficient (Wildman–Crippen LogP) is 4.49. The second kappa shape index (κ2) is 8.34. The van der Waals surface area contributed by atoms with Gasteiger partial charge in [-0.2, -0.15) is 5.10 Å². The SMILES string of the molecule is COc1cc(/C=N/Nc2ccc(Cl)cc2)cc([N+](=O)[O-])c1OC(C)C. The highest BCUT2D eigenvalue weighted by atomic mass is 35.5. The third kappa shape index (κ3) is 5.09. The molecule has 0 aliphatic rings. The molecule has 2 aromatic carbocycles. The number of methoxy groups -OCH3 is 1. The van der Waals surface area contributed by atoms with Crippen LogP contribution in [0.25, 0.3) is 0 Å². The fourth-order valence-electron chi connectivity index (χ4n) is 2.03. The van der Waals surface area contributed by atoms with Crippen molar-refractivity contribution in [1.29, 1.82) is 0 Å². The Kier molecular flexibility index (Phi) is 6.19. The summed E-state index contributed by atoms with van der Waals surface area (Å²) in [6.07, 6.45) is 1.24. The molecule has 0 atom stereocenters.